The fourth-order valence-corrected chi connectivity index (χ4v) is 2.86. The van der Waals surface area contributed by atoms with Crippen molar-refractivity contribution in [1.29, 1.82) is 0 Å². The van der Waals surface area contributed by atoms with Gasteiger partial charge in [0.1, 0.15) is 0 Å². The van der Waals surface area contributed by atoms with Crippen molar-refractivity contribution in [2.24, 2.45) is 0 Å². The number of hydrogen-bond acceptors (Lipinski definition) is 4. The Labute approximate surface area is 109 Å². The molecule has 0 atom stereocenters. The smallest absolute Gasteiger partial charge is 0.187 e. The van der Waals surface area contributed by atoms with Gasteiger partial charge < -0.3 is 10.3 Å². The number of nitrogen functional groups attached to an aromatic ring is 1. The minimum atomic E-state index is 0.434. The highest BCUT2D eigenvalue weighted by Crippen LogP contribution is 2.39. The number of benzene rings is 1. The van der Waals surface area contributed by atoms with Gasteiger partial charge in [-0.1, -0.05) is 35.5 Å². The van der Waals surface area contributed by atoms with E-state index in [-0.39, 0.29) is 0 Å². The number of hydrogen-bond donors (Lipinski definition) is 1. The van der Waals surface area contributed by atoms with Crippen molar-refractivity contribution in [2.45, 2.75) is 6.92 Å². The fraction of sp³-hybridized carbons (Fsp3) is 0.0714. The lowest BCUT2D eigenvalue weighted by Crippen LogP contribution is -1.88. The second-order valence-corrected chi connectivity index (χ2v) is 4.99. The normalized spacial score (nSPS) is 10.7. The summed E-state index contributed by atoms with van der Waals surface area (Å²) in [5.74, 6) is 1.19. The van der Waals surface area contributed by atoms with Crippen LogP contribution in [0.4, 0.5) is 5.82 Å². The van der Waals surface area contributed by atoms with E-state index in [0.717, 1.165) is 21.8 Å². The van der Waals surface area contributed by atoms with Crippen LogP contribution in [-0.4, -0.2) is 5.16 Å². The highest BCUT2D eigenvalue weighted by molar-refractivity contribution is 7.13. The fourth-order valence-electron chi connectivity index (χ4n) is 1.95. The molecule has 3 nitrogen and oxygen atoms in total. The lowest BCUT2D eigenvalue weighted by atomic mass is 10.0. The van der Waals surface area contributed by atoms with Crippen LogP contribution < -0.4 is 5.73 Å². The molecule has 0 aliphatic heterocycles. The summed E-state index contributed by atoms with van der Waals surface area (Å²) in [6.07, 6.45) is 0. The van der Waals surface area contributed by atoms with Gasteiger partial charge in [-0.3, -0.25) is 0 Å². The molecule has 0 radical (unpaired) electrons. The monoisotopic (exact) mass is 256 g/mol. The number of nitrogens with zero attached hydrogens (tertiary/aromatic N) is 1. The number of anilines is 1. The van der Waals surface area contributed by atoms with E-state index in [9.17, 15) is 0 Å². The molecule has 2 aromatic heterocycles. The molecule has 1 aromatic carbocycles. The topological polar surface area (TPSA) is 52.0 Å². The van der Waals surface area contributed by atoms with E-state index in [1.165, 1.54) is 5.56 Å². The van der Waals surface area contributed by atoms with Crippen LogP contribution in [0.3, 0.4) is 0 Å². The van der Waals surface area contributed by atoms with Crippen LogP contribution in [0, 0.1) is 6.92 Å². The zero-order chi connectivity index (χ0) is 12.5. The molecule has 0 aliphatic rings. The molecule has 0 aliphatic carbocycles. The van der Waals surface area contributed by atoms with Gasteiger partial charge in [-0.15, -0.1) is 11.3 Å². The van der Waals surface area contributed by atoms with Crippen molar-refractivity contribution in [3.63, 3.8) is 0 Å². The van der Waals surface area contributed by atoms with Crippen molar-refractivity contribution >= 4 is 17.2 Å². The zero-order valence-corrected chi connectivity index (χ0v) is 10.7. The van der Waals surface area contributed by atoms with E-state index < -0.39 is 0 Å². The first-order valence-electron chi connectivity index (χ1n) is 5.62. The molecule has 0 spiro atoms. The molecule has 3 rings (SSSR count). The highest BCUT2D eigenvalue weighted by atomic mass is 32.1. The Morgan fingerprint density at radius 2 is 1.94 bits per heavy atom. The number of nitrogens with two attached hydrogens (primary N) is 1. The summed E-state index contributed by atoms with van der Waals surface area (Å²) in [4.78, 5) is 1.08. The third-order valence-electron chi connectivity index (χ3n) is 2.85. The number of rotatable bonds is 2. The molecule has 0 amide bonds. The zero-order valence-electron chi connectivity index (χ0n) is 9.88. The van der Waals surface area contributed by atoms with Crippen LogP contribution in [-0.2, 0) is 0 Å². The third-order valence-corrected chi connectivity index (χ3v) is 3.86. The summed E-state index contributed by atoms with van der Waals surface area (Å²) in [7, 11) is 0. The highest BCUT2D eigenvalue weighted by Gasteiger charge is 2.19. The van der Waals surface area contributed by atoms with Crippen molar-refractivity contribution < 1.29 is 4.52 Å². The molecule has 0 unspecified atom stereocenters. The Balaban J connectivity index is 2.22. The first kappa shape index (κ1) is 11.0. The van der Waals surface area contributed by atoms with Gasteiger partial charge in [-0.25, -0.2) is 0 Å². The largest absolute Gasteiger partial charge is 0.380 e. The van der Waals surface area contributed by atoms with Crippen LogP contribution in [0.1, 0.15) is 5.56 Å². The lowest BCUT2D eigenvalue weighted by molar-refractivity contribution is 0.437. The predicted molar refractivity (Wildman–Crippen MR) is 74.4 cm³/mol. The van der Waals surface area contributed by atoms with E-state index in [1.807, 2.05) is 35.7 Å². The molecule has 0 fully saturated rings. The van der Waals surface area contributed by atoms with Crippen LogP contribution in [0.15, 0.2) is 46.3 Å². The Morgan fingerprint density at radius 3 is 2.61 bits per heavy atom. The molecule has 90 valence electrons. The molecule has 18 heavy (non-hydrogen) atoms. The Kier molecular flexibility index (Phi) is 2.64. The van der Waals surface area contributed by atoms with Gasteiger partial charge in [0, 0.05) is 0 Å². The van der Waals surface area contributed by atoms with Gasteiger partial charge >= 0.3 is 0 Å². The van der Waals surface area contributed by atoms with E-state index >= 15 is 0 Å². The molecule has 0 saturated carbocycles. The van der Waals surface area contributed by atoms with Gasteiger partial charge in [-0.05, 0) is 29.5 Å². The summed E-state index contributed by atoms with van der Waals surface area (Å²) in [5.41, 5.74) is 9.01. The van der Waals surface area contributed by atoms with Gasteiger partial charge in [0.25, 0.3) is 0 Å². The van der Waals surface area contributed by atoms with Crippen molar-refractivity contribution in [3.8, 4) is 21.8 Å². The summed E-state index contributed by atoms with van der Waals surface area (Å²) in [6, 6.07) is 12.0. The maximum absolute atomic E-state index is 5.93. The lowest BCUT2D eigenvalue weighted by Gasteiger charge is -2.01. The number of thiophene rings is 1. The summed E-state index contributed by atoms with van der Waals surface area (Å²) in [5, 5.41) is 5.94. The van der Waals surface area contributed by atoms with Crippen LogP contribution in [0.5, 0.6) is 0 Å². The van der Waals surface area contributed by atoms with Gasteiger partial charge in [0.15, 0.2) is 11.6 Å². The molecule has 4 heteroatoms. The Hall–Kier alpha value is -2.07. The van der Waals surface area contributed by atoms with E-state index in [4.69, 9.17) is 10.3 Å². The van der Waals surface area contributed by atoms with Gasteiger partial charge in [0.05, 0.1) is 10.4 Å². The number of aryl methyl sites for hydroxylation is 1. The van der Waals surface area contributed by atoms with Crippen molar-refractivity contribution in [3.05, 3.63) is 47.3 Å². The Bertz CT molecular complexity index is 670. The molecule has 3 aromatic rings. The van der Waals surface area contributed by atoms with Crippen LogP contribution >= 0.6 is 11.3 Å². The standard InChI is InChI=1S/C14H12N2OS/c1-9-7-8-18-13(9)12-11(14(15)16-17-12)10-5-3-2-4-6-10/h2-8H,1H3,(H2,15,16). The van der Waals surface area contributed by atoms with E-state index in [1.54, 1.807) is 11.3 Å². The predicted octanol–water partition coefficient (Wildman–Crippen LogP) is 3.96. The summed E-state index contributed by atoms with van der Waals surface area (Å²) < 4.78 is 5.41. The first-order chi connectivity index (χ1) is 8.77. The minimum absolute atomic E-state index is 0.434. The van der Waals surface area contributed by atoms with Crippen molar-refractivity contribution in [2.75, 3.05) is 5.73 Å². The quantitative estimate of drug-likeness (QED) is 0.755. The van der Waals surface area contributed by atoms with E-state index in [0.29, 0.717) is 5.82 Å². The average molecular weight is 256 g/mol. The summed E-state index contributed by atoms with van der Waals surface area (Å²) in [6.45, 7) is 2.05. The Morgan fingerprint density at radius 1 is 1.17 bits per heavy atom. The van der Waals surface area contributed by atoms with Gasteiger partial charge in [-0.2, -0.15) is 0 Å². The van der Waals surface area contributed by atoms with E-state index in [2.05, 4.69) is 18.1 Å². The molecule has 0 saturated heterocycles. The second kappa shape index (κ2) is 4.31. The SMILES string of the molecule is Cc1ccsc1-c1onc(N)c1-c1ccccc1. The molecular weight excluding hydrogens is 244 g/mol. The molecule has 2 N–H and O–H groups in total. The average Bonchev–Trinajstić information content (AvgIpc) is 2.96. The number of aromatic nitrogens is 1. The maximum Gasteiger partial charge on any atom is 0.187 e. The minimum Gasteiger partial charge on any atom is -0.380 e. The maximum atomic E-state index is 5.93. The summed E-state index contributed by atoms with van der Waals surface area (Å²) >= 11 is 1.64. The van der Waals surface area contributed by atoms with Gasteiger partial charge in [0.2, 0.25) is 0 Å². The third kappa shape index (κ3) is 1.71. The second-order valence-electron chi connectivity index (χ2n) is 4.07. The molecule has 2 heterocycles. The first-order valence-corrected chi connectivity index (χ1v) is 6.50. The van der Waals surface area contributed by atoms with Crippen molar-refractivity contribution in [1.82, 2.24) is 5.16 Å². The molecular formula is C14H12N2OS. The van der Waals surface area contributed by atoms with Crippen LogP contribution in [0.25, 0.3) is 21.8 Å². The molecule has 0 bridgehead atoms. The van der Waals surface area contributed by atoms with Crippen LogP contribution in [0.2, 0.25) is 0 Å².